The lowest BCUT2D eigenvalue weighted by Crippen LogP contribution is -2.24. The molecule has 1 aliphatic rings. The molecule has 1 N–H and O–H groups in total. The van der Waals surface area contributed by atoms with Crippen molar-refractivity contribution in [3.05, 3.63) is 58.6 Å². The summed E-state index contributed by atoms with van der Waals surface area (Å²) in [7, 11) is 3.86. The van der Waals surface area contributed by atoms with Gasteiger partial charge in [0.25, 0.3) is 0 Å². The lowest BCUT2D eigenvalue weighted by atomic mass is 9.96. The third-order valence-corrected chi connectivity index (χ3v) is 5.49. The van der Waals surface area contributed by atoms with Gasteiger partial charge in [-0.2, -0.15) is 0 Å². The summed E-state index contributed by atoms with van der Waals surface area (Å²) in [5.74, 6) is 0. The molecule has 0 saturated carbocycles. The molecule has 1 heterocycles. The molecule has 128 valence electrons. The van der Waals surface area contributed by atoms with Crippen LogP contribution in [0, 0.1) is 0 Å². The van der Waals surface area contributed by atoms with E-state index in [4.69, 9.17) is 16.3 Å². The monoisotopic (exact) mass is 362 g/mol. The summed E-state index contributed by atoms with van der Waals surface area (Å²) < 4.78 is 7.36. The molecule has 0 radical (unpaired) electrons. The maximum atomic E-state index is 6.23. The van der Waals surface area contributed by atoms with Gasteiger partial charge in [0.1, 0.15) is 0 Å². The summed E-state index contributed by atoms with van der Waals surface area (Å²) in [5.41, 5.74) is 3.83. The summed E-state index contributed by atoms with van der Waals surface area (Å²) in [6, 6.07) is 14.9. The minimum Gasteiger partial charge on any atom is -0.385 e. The second-order valence-corrected chi connectivity index (χ2v) is 7.52. The van der Waals surface area contributed by atoms with Crippen molar-refractivity contribution in [1.29, 1.82) is 0 Å². The summed E-state index contributed by atoms with van der Waals surface area (Å²) in [5, 5.41) is 4.51. The highest BCUT2D eigenvalue weighted by molar-refractivity contribution is 8.00. The van der Waals surface area contributed by atoms with Crippen molar-refractivity contribution in [1.82, 2.24) is 5.32 Å². The molecule has 0 saturated heterocycles. The van der Waals surface area contributed by atoms with Gasteiger partial charge < -0.3 is 14.4 Å². The summed E-state index contributed by atoms with van der Waals surface area (Å²) in [6.07, 6.45) is 2.17. The molecular weight excluding hydrogens is 340 g/mol. The molecule has 0 aliphatic carbocycles. The Morgan fingerprint density at radius 3 is 2.83 bits per heavy atom. The van der Waals surface area contributed by atoms with Gasteiger partial charge in [0.2, 0.25) is 0 Å². The van der Waals surface area contributed by atoms with Gasteiger partial charge in [0.15, 0.2) is 0 Å². The zero-order valence-corrected chi connectivity index (χ0v) is 15.7. The van der Waals surface area contributed by atoms with Crippen molar-refractivity contribution < 1.29 is 4.74 Å². The number of nitrogens with zero attached hydrogens (tertiary/aromatic N) is 1. The SMILES string of the molecule is COCCCCNC1c2ccc(Cl)cc2SN(C)c2ccccc21. The number of rotatable bonds is 6. The number of unbranched alkanes of at least 4 members (excludes halogenated alkanes) is 1. The van der Waals surface area contributed by atoms with Gasteiger partial charge in [0, 0.05) is 30.7 Å². The molecule has 1 atom stereocenters. The number of nitrogens with one attached hydrogen (secondary N) is 1. The molecule has 3 rings (SSSR count). The standard InChI is InChI=1S/C19H23ClN2OS/c1-22-17-8-4-3-7-15(17)19(21-11-5-6-12-23-2)16-10-9-14(20)13-18(16)24-22/h3-4,7-10,13,19,21H,5-6,11-12H2,1-2H3. The van der Waals surface area contributed by atoms with E-state index in [1.807, 2.05) is 6.07 Å². The third kappa shape index (κ3) is 3.89. The molecule has 0 bridgehead atoms. The second-order valence-electron chi connectivity index (χ2n) is 5.92. The van der Waals surface area contributed by atoms with Crippen LogP contribution in [0.3, 0.4) is 0 Å². The second kappa shape index (κ2) is 8.26. The van der Waals surface area contributed by atoms with Crippen LogP contribution in [0.15, 0.2) is 47.4 Å². The fourth-order valence-electron chi connectivity index (χ4n) is 3.05. The molecule has 3 nitrogen and oxygen atoms in total. The normalized spacial score (nSPS) is 16.5. The van der Waals surface area contributed by atoms with Crippen LogP contribution in [0.25, 0.3) is 0 Å². The summed E-state index contributed by atoms with van der Waals surface area (Å²) in [6.45, 7) is 1.77. The maximum absolute atomic E-state index is 6.23. The van der Waals surface area contributed by atoms with Gasteiger partial charge in [-0.1, -0.05) is 35.9 Å². The minimum absolute atomic E-state index is 0.175. The average Bonchev–Trinajstić information content (AvgIpc) is 2.69. The number of anilines is 1. The van der Waals surface area contributed by atoms with Crippen molar-refractivity contribution in [2.24, 2.45) is 0 Å². The molecule has 2 aromatic rings. The van der Waals surface area contributed by atoms with E-state index in [0.717, 1.165) is 31.0 Å². The molecule has 0 fully saturated rings. The van der Waals surface area contributed by atoms with Crippen molar-refractivity contribution in [3.8, 4) is 0 Å². The summed E-state index contributed by atoms with van der Waals surface area (Å²) >= 11 is 7.96. The molecule has 0 amide bonds. The van der Waals surface area contributed by atoms with E-state index in [1.165, 1.54) is 21.7 Å². The van der Waals surface area contributed by atoms with Crippen LogP contribution in [0.1, 0.15) is 30.0 Å². The number of fused-ring (bicyclic) bond motifs is 2. The highest BCUT2D eigenvalue weighted by Gasteiger charge is 2.26. The molecule has 0 aromatic heterocycles. The van der Waals surface area contributed by atoms with Crippen molar-refractivity contribution >= 4 is 29.2 Å². The van der Waals surface area contributed by atoms with Gasteiger partial charge in [-0.05, 0) is 60.7 Å². The first-order chi connectivity index (χ1) is 11.7. The Balaban J connectivity index is 1.91. The average molecular weight is 363 g/mol. The van der Waals surface area contributed by atoms with Crippen LogP contribution in [0.4, 0.5) is 5.69 Å². The number of para-hydroxylation sites is 1. The molecule has 5 heteroatoms. The fourth-order valence-corrected chi connectivity index (χ4v) is 4.31. The Hall–Kier alpha value is -1.20. The van der Waals surface area contributed by atoms with Crippen LogP contribution < -0.4 is 9.62 Å². The van der Waals surface area contributed by atoms with Crippen LogP contribution in [-0.4, -0.2) is 27.3 Å². The lowest BCUT2D eigenvalue weighted by Gasteiger charge is -2.22. The van der Waals surface area contributed by atoms with E-state index in [9.17, 15) is 0 Å². The minimum atomic E-state index is 0.175. The van der Waals surface area contributed by atoms with Crippen molar-refractivity contribution in [3.63, 3.8) is 0 Å². The van der Waals surface area contributed by atoms with E-state index >= 15 is 0 Å². The van der Waals surface area contributed by atoms with Gasteiger partial charge >= 0.3 is 0 Å². The van der Waals surface area contributed by atoms with Gasteiger partial charge in [0.05, 0.1) is 11.7 Å². The first-order valence-electron chi connectivity index (χ1n) is 8.23. The highest BCUT2D eigenvalue weighted by Crippen LogP contribution is 2.43. The maximum Gasteiger partial charge on any atom is 0.0609 e. The zero-order valence-electron chi connectivity index (χ0n) is 14.1. The number of benzene rings is 2. The predicted octanol–water partition coefficient (Wildman–Crippen LogP) is 4.90. The topological polar surface area (TPSA) is 24.5 Å². The Bertz CT molecular complexity index is 695. The third-order valence-electron chi connectivity index (χ3n) is 4.23. The first-order valence-corrected chi connectivity index (χ1v) is 9.38. The van der Waals surface area contributed by atoms with E-state index in [2.05, 4.69) is 53.1 Å². The molecule has 1 aliphatic heterocycles. The Morgan fingerprint density at radius 2 is 2.00 bits per heavy atom. The number of methoxy groups -OCH3 is 1. The molecule has 1 unspecified atom stereocenters. The smallest absolute Gasteiger partial charge is 0.0609 e. The quantitative estimate of drug-likeness (QED) is 0.583. The largest absolute Gasteiger partial charge is 0.385 e. The molecular formula is C19H23ClN2OS. The van der Waals surface area contributed by atoms with E-state index in [0.29, 0.717) is 0 Å². The van der Waals surface area contributed by atoms with E-state index < -0.39 is 0 Å². The Morgan fingerprint density at radius 1 is 1.17 bits per heavy atom. The number of ether oxygens (including phenoxy) is 1. The zero-order chi connectivity index (χ0) is 16.9. The van der Waals surface area contributed by atoms with Crippen LogP contribution in [0.5, 0.6) is 0 Å². The van der Waals surface area contributed by atoms with Gasteiger partial charge in [-0.15, -0.1) is 0 Å². The van der Waals surface area contributed by atoms with Gasteiger partial charge in [-0.25, -0.2) is 0 Å². The number of halogens is 1. The molecule has 24 heavy (non-hydrogen) atoms. The van der Waals surface area contributed by atoms with Crippen molar-refractivity contribution in [2.75, 3.05) is 31.6 Å². The molecule has 0 spiro atoms. The first kappa shape index (κ1) is 17.6. The molecule has 2 aromatic carbocycles. The van der Waals surface area contributed by atoms with Crippen LogP contribution in [0.2, 0.25) is 5.02 Å². The van der Waals surface area contributed by atoms with E-state index in [1.54, 1.807) is 19.1 Å². The Labute approximate surface area is 153 Å². The Kier molecular flexibility index (Phi) is 6.06. The summed E-state index contributed by atoms with van der Waals surface area (Å²) in [4.78, 5) is 1.20. The van der Waals surface area contributed by atoms with E-state index in [-0.39, 0.29) is 6.04 Å². The highest BCUT2D eigenvalue weighted by atomic mass is 35.5. The predicted molar refractivity (Wildman–Crippen MR) is 103 cm³/mol. The van der Waals surface area contributed by atoms with Crippen LogP contribution in [-0.2, 0) is 4.74 Å². The lowest BCUT2D eigenvalue weighted by molar-refractivity contribution is 0.192. The number of hydrogen-bond donors (Lipinski definition) is 1. The number of hydrogen-bond acceptors (Lipinski definition) is 4. The van der Waals surface area contributed by atoms with Crippen molar-refractivity contribution in [2.45, 2.75) is 23.8 Å². The van der Waals surface area contributed by atoms with Crippen LogP contribution >= 0.6 is 23.5 Å². The fraction of sp³-hybridized carbons (Fsp3) is 0.368. The van der Waals surface area contributed by atoms with Gasteiger partial charge in [-0.3, -0.25) is 0 Å².